The van der Waals surface area contributed by atoms with Gasteiger partial charge in [0.25, 0.3) is 5.91 Å². The van der Waals surface area contributed by atoms with Crippen molar-refractivity contribution in [2.24, 2.45) is 11.1 Å². The van der Waals surface area contributed by atoms with Crippen LogP contribution in [0.25, 0.3) is 0 Å². The number of ether oxygens (including phenoxy) is 2. The second-order valence-corrected chi connectivity index (χ2v) is 17.0. The molecule has 0 saturated heterocycles. The van der Waals surface area contributed by atoms with Gasteiger partial charge >= 0.3 is 0 Å². The lowest BCUT2D eigenvalue weighted by molar-refractivity contribution is -0.130. The Bertz CT molecular complexity index is 1360. The van der Waals surface area contributed by atoms with Crippen LogP contribution in [0.1, 0.15) is 103 Å². The SMILES string of the molecule is COC1=C(Br)[C@H](O)[C@@]2(C=C1Br)CC(C(=O)NCCc1cc(Br)c(OCCCN(C)C(=O)CCCCCCCCCCCC(C)C)c(Br)c1)=NO2. The molecule has 0 fully saturated rings. The van der Waals surface area contributed by atoms with E-state index >= 15 is 0 Å². The summed E-state index contributed by atoms with van der Waals surface area (Å²) in [5, 5.41) is 17.7. The molecule has 2 atom stereocenters. The maximum absolute atomic E-state index is 12.9. The number of benzene rings is 1. The topological polar surface area (TPSA) is 110 Å². The van der Waals surface area contributed by atoms with Gasteiger partial charge in [-0.25, -0.2) is 0 Å². The number of aliphatic hydroxyl groups excluding tert-OH is 1. The van der Waals surface area contributed by atoms with E-state index in [0.29, 0.717) is 53.0 Å². The molecule has 2 aliphatic rings. The summed E-state index contributed by atoms with van der Waals surface area (Å²) in [6.45, 7) is 6.10. The van der Waals surface area contributed by atoms with Gasteiger partial charge in [0.2, 0.25) is 5.91 Å². The molecule has 1 spiro atoms. The number of nitrogens with one attached hydrogen (secondary N) is 1. The van der Waals surface area contributed by atoms with Crippen LogP contribution in [0.5, 0.6) is 5.75 Å². The average Bonchev–Trinajstić information content (AvgIpc) is 3.50. The number of amides is 2. The lowest BCUT2D eigenvalue weighted by atomic mass is 9.87. The fraction of sp³-hybridized carbons (Fsp3) is 0.649. The van der Waals surface area contributed by atoms with Gasteiger partial charge in [0, 0.05) is 33.0 Å². The minimum atomic E-state index is -1.20. The van der Waals surface area contributed by atoms with E-state index in [1.807, 2.05) is 24.1 Å². The normalized spacial score (nSPS) is 18.6. The van der Waals surface area contributed by atoms with E-state index < -0.39 is 11.7 Å². The van der Waals surface area contributed by atoms with Crippen molar-refractivity contribution in [1.29, 1.82) is 0 Å². The number of aliphatic hydroxyl groups is 1. The molecule has 0 radical (unpaired) electrons. The van der Waals surface area contributed by atoms with Crippen molar-refractivity contribution in [3.05, 3.63) is 47.4 Å². The Labute approximate surface area is 331 Å². The molecular formula is C37H53Br4N3O6. The highest BCUT2D eigenvalue weighted by Gasteiger charge is 2.50. The Morgan fingerprint density at radius 2 is 1.64 bits per heavy atom. The van der Waals surface area contributed by atoms with Gasteiger partial charge in [-0.15, -0.1) is 0 Å². The Hall–Kier alpha value is -1.41. The minimum Gasteiger partial charge on any atom is -0.495 e. The van der Waals surface area contributed by atoms with Crippen LogP contribution < -0.4 is 10.1 Å². The molecule has 2 amide bonds. The third kappa shape index (κ3) is 13.2. The number of hydrogen-bond donors (Lipinski definition) is 2. The first-order valence-electron chi connectivity index (χ1n) is 17.8. The molecule has 50 heavy (non-hydrogen) atoms. The predicted octanol–water partition coefficient (Wildman–Crippen LogP) is 9.47. The lowest BCUT2D eigenvalue weighted by Gasteiger charge is -2.33. The molecule has 1 aromatic rings. The molecule has 0 aromatic heterocycles. The highest BCUT2D eigenvalue weighted by molar-refractivity contribution is 9.12. The first-order valence-corrected chi connectivity index (χ1v) is 20.9. The largest absolute Gasteiger partial charge is 0.495 e. The van der Waals surface area contributed by atoms with Crippen molar-refractivity contribution >= 4 is 81.2 Å². The third-order valence-electron chi connectivity index (χ3n) is 8.98. The first-order chi connectivity index (χ1) is 23.9. The number of rotatable bonds is 22. The van der Waals surface area contributed by atoms with Gasteiger partial charge in [-0.3, -0.25) is 9.59 Å². The lowest BCUT2D eigenvalue weighted by Crippen LogP contribution is -2.45. The summed E-state index contributed by atoms with van der Waals surface area (Å²) in [5.74, 6) is 1.82. The Kier molecular flexibility index (Phi) is 18.9. The fourth-order valence-corrected chi connectivity index (χ4v) is 9.30. The summed E-state index contributed by atoms with van der Waals surface area (Å²) < 4.78 is 14.0. The minimum absolute atomic E-state index is 0.104. The van der Waals surface area contributed by atoms with Crippen molar-refractivity contribution in [2.45, 2.75) is 115 Å². The van der Waals surface area contributed by atoms with Gasteiger partial charge in [-0.1, -0.05) is 76.8 Å². The molecule has 9 nitrogen and oxygen atoms in total. The van der Waals surface area contributed by atoms with Crippen LogP contribution in [0.2, 0.25) is 0 Å². The summed E-state index contributed by atoms with van der Waals surface area (Å²) >= 11 is 14.0. The molecule has 280 valence electrons. The number of nitrogens with zero attached hydrogens (tertiary/aromatic N) is 2. The highest BCUT2D eigenvalue weighted by Crippen LogP contribution is 2.44. The zero-order valence-corrected chi connectivity index (χ0v) is 36.1. The number of hydrogen-bond acceptors (Lipinski definition) is 7. The second-order valence-electron chi connectivity index (χ2n) is 13.6. The number of allylic oxidation sites excluding steroid dienone is 1. The molecule has 0 saturated carbocycles. The predicted molar refractivity (Wildman–Crippen MR) is 214 cm³/mol. The zero-order valence-electron chi connectivity index (χ0n) is 29.8. The number of carbonyl (C=O) groups is 2. The molecular weight excluding hydrogens is 902 g/mol. The maximum atomic E-state index is 12.9. The molecule has 0 bridgehead atoms. The van der Waals surface area contributed by atoms with E-state index in [4.69, 9.17) is 14.3 Å². The van der Waals surface area contributed by atoms with Gasteiger partial charge in [-0.2, -0.15) is 0 Å². The van der Waals surface area contributed by atoms with Gasteiger partial charge < -0.3 is 29.6 Å². The highest BCUT2D eigenvalue weighted by atomic mass is 79.9. The van der Waals surface area contributed by atoms with Crippen LogP contribution >= 0.6 is 63.7 Å². The zero-order chi connectivity index (χ0) is 36.7. The van der Waals surface area contributed by atoms with Gasteiger partial charge in [0.1, 0.15) is 23.3 Å². The summed E-state index contributed by atoms with van der Waals surface area (Å²) in [6.07, 6.45) is 15.3. The molecule has 0 unspecified atom stereocenters. The van der Waals surface area contributed by atoms with Gasteiger partial charge in [0.05, 0.1) is 31.6 Å². The smallest absolute Gasteiger partial charge is 0.269 e. The van der Waals surface area contributed by atoms with Crippen molar-refractivity contribution in [2.75, 3.05) is 33.9 Å². The third-order valence-corrected chi connectivity index (χ3v) is 11.5. The summed E-state index contributed by atoms with van der Waals surface area (Å²) in [4.78, 5) is 32.9. The van der Waals surface area contributed by atoms with Crippen LogP contribution in [0.4, 0.5) is 0 Å². The molecule has 2 N–H and O–H groups in total. The summed E-state index contributed by atoms with van der Waals surface area (Å²) in [7, 11) is 3.37. The summed E-state index contributed by atoms with van der Waals surface area (Å²) in [6, 6.07) is 3.94. The number of methoxy groups -OCH3 is 1. The van der Waals surface area contributed by atoms with E-state index in [0.717, 1.165) is 39.7 Å². The van der Waals surface area contributed by atoms with Crippen molar-refractivity contribution in [1.82, 2.24) is 10.2 Å². The standard InChI is InChI=1S/C37H53Br4N3O6/c1-25(2)15-12-10-8-6-5-7-9-11-13-16-31(45)44(3)19-14-20-49-33-27(38)21-26(22-28(33)39)17-18-42-36(47)30-24-37(50-43-30)23-29(40)34(48-4)32(41)35(37)46/h21-23,25,35,46H,5-20,24H2,1-4H3,(H,42,47)/t35-,37+/m0/s1. The average molecular weight is 955 g/mol. The molecule has 13 heteroatoms. The molecule has 3 rings (SSSR count). The Morgan fingerprint density at radius 3 is 2.26 bits per heavy atom. The number of carbonyl (C=O) groups excluding carboxylic acids is 2. The van der Waals surface area contributed by atoms with Crippen molar-refractivity contribution in [3.8, 4) is 5.75 Å². The molecule has 1 aromatic carbocycles. The van der Waals surface area contributed by atoms with Crippen molar-refractivity contribution in [3.63, 3.8) is 0 Å². The van der Waals surface area contributed by atoms with Crippen LogP contribution in [-0.4, -0.2) is 73.1 Å². The fourth-order valence-electron chi connectivity index (χ4n) is 5.99. The van der Waals surface area contributed by atoms with Gasteiger partial charge in [0.15, 0.2) is 5.60 Å². The first kappa shape index (κ1) is 43.0. The Morgan fingerprint density at radius 1 is 1.02 bits per heavy atom. The second kappa shape index (κ2) is 22.0. The molecule has 1 aliphatic heterocycles. The van der Waals surface area contributed by atoms with E-state index in [1.54, 1.807) is 6.08 Å². The number of halogens is 4. The van der Waals surface area contributed by atoms with Crippen molar-refractivity contribution < 1.29 is 29.0 Å². The molecule has 1 heterocycles. The van der Waals surface area contributed by atoms with Crippen LogP contribution in [-0.2, 0) is 25.6 Å². The quantitative estimate of drug-likeness (QED) is 0.112. The molecule has 1 aliphatic carbocycles. The van der Waals surface area contributed by atoms with Crippen LogP contribution in [0.3, 0.4) is 0 Å². The van der Waals surface area contributed by atoms with E-state index in [9.17, 15) is 14.7 Å². The number of oxime groups is 1. The Balaban J connectivity index is 1.29. The van der Waals surface area contributed by atoms with E-state index in [2.05, 4.69) is 88.0 Å². The van der Waals surface area contributed by atoms with E-state index in [-0.39, 0.29) is 23.9 Å². The number of unbranched alkanes of at least 4 members (excludes halogenated alkanes) is 8. The maximum Gasteiger partial charge on any atom is 0.269 e. The van der Waals surface area contributed by atoms with Crippen LogP contribution in [0.15, 0.2) is 47.0 Å². The summed E-state index contributed by atoms with van der Waals surface area (Å²) in [5.41, 5.74) is -0.00579. The van der Waals surface area contributed by atoms with Crippen LogP contribution in [0, 0.1) is 5.92 Å². The van der Waals surface area contributed by atoms with E-state index in [1.165, 1.54) is 58.5 Å². The monoisotopic (exact) mass is 951 g/mol. The van der Waals surface area contributed by atoms with Gasteiger partial charge in [-0.05, 0) is 113 Å².